The maximum atomic E-state index is 2.36. The Kier molecular flexibility index (Phi) is 6.26. The van der Waals surface area contributed by atoms with Crippen molar-refractivity contribution in [3.8, 4) is 0 Å². The molecule has 0 aromatic heterocycles. The summed E-state index contributed by atoms with van der Waals surface area (Å²) in [5.74, 6) is 0. The van der Waals surface area contributed by atoms with E-state index in [9.17, 15) is 0 Å². The van der Waals surface area contributed by atoms with Crippen molar-refractivity contribution in [3.05, 3.63) is 0 Å². The molecule has 1 saturated carbocycles. The Labute approximate surface area is 95.6 Å². The normalized spacial score (nSPS) is 24.0. The highest BCUT2D eigenvalue weighted by Gasteiger charge is 2.13. The second-order valence-corrected chi connectivity index (χ2v) is 5.27. The third kappa shape index (κ3) is 5.53. The topological polar surface area (TPSA) is 6.48 Å². The average Bonchev–Trinajstić information content (AvgIpc) is 2.71. The van der Waals surface area contributed by atoms with Gasteiger partial charge in [0.05, 0.1) is 0 Å². The van der Waals surface area contributed by atoms with Crippen molar-refractivity contribution in [3.63, 3.8) is 0 Å². The van der Waals surface area contributed by atoms with Crippen molar-refractivity contribution in [2.75, 3.05) is 34.2 Å². The van der Waals surface area contributed by atoms with Gasteiger partial charge in [0, 0.05) is 6.04 Å². The molecule has 1 saturated heterocycles. The maximum Gasteiger partial charge on any atom is 0.00891 e. The maximum absolute atomic E-state index is 2.36. The van der Waals surface area contributed by atoms with Gasteiger partial charge >= 0.3 is 0 Å². The van der Waals surface area contributed by atoms with Gasteiger partial charge < -0.3 is 9.80 Å². The first-order valence-electron chi connectivity index (χ1n) is 6.55. The van der Waals surface area contributed by atoms with Crippen LogP contribution >= 0.6 is 0 Å². The van der Waals surface area contributed by atoms with Crippen molar-refractivity contribution < 1.29 is 0 Å². The van der Waals surface area contributed by atoms with Crippen LogP contribution in [0.5, 0.6) is 0 Å². The van der Waals surface area contributed by atoms with Crippen LogP contribution in [0.4, 0.5) is 0 Å². The van der Waals surface area contributed by atoms with E-state index in [0.29, 0.717) is 0 Å². The van der Waals surface area contributed by atoms with E-state index in [0.717, 1.165) is 6.04 Å². The molecule has 0 bridgehead atoms. The van der Waals surface area contributed by atoms with E-state index in [4.69, 9.17) is 0 Å². The summed E-state index contributed by atoms with van der Waals surface area (Å²) in [7, 11) is 6.55. The fourth-order valence-electron chi connectivity index (χ4n) is 2.47. The molecule has 1 heterocycles. The molecule has 0 atom stereocenters. The minimum atomic E-state index is 0.888. The molecule has 2 heteroatoms. The van der Waals surface area contributed by atoms with Crippen LogP contribution in [-0.2, 0) is 0 Å². The quantitative estimate of drug-likeness (QED) is 0.659. The predicted molar refractivity (Wildman–Crippen MR) is 67.3 cm³/mol. The van der Waals surface area contributed by atoms with Crippen molar-refractivity contribution in [2.45, 2.75) is 51.0 Å². The van der Waals surface area contributed by atoms with Gasteiger partial charge in [-0.25, -0.2) is 0 Å². The Morgan fingerprint density at radius 3 is 1.67 bits per heavy atom. The third-order valence-electron chi connectivity index (χ3n) is 3.63. The molecule has 0 amide bonds. The van der Waals surface area contributed by atoms with Crippen LogP contribution in [0.2, 0.25) is 0 Å². The second kappa shape index (κ2) is 7.24. The zero-order valence-corrected chi connectivity index (χ0v) is 10.8. The standard InChI is InChI=1S/C8H17N.C5H11N/c1-9(2)8-6-4-3-5-7-8;1-6-4-2-3-5-6/h8H,3-7H2,1-2H3;2-5H2,1H3. The number of hydrogen-bond acceptors (Lipinski definition) is 2. The smallest absolute Gasteiger partial charge is 0.00891 e. The first kappa shape index (κ1) is 13.0. The van der Waals surface area contributed by atoms with Crippen LogP contribution in [0, 0.1) is 0 Å². The van der Waals surface area contributed by atoms with Gasteiger partial charge in [0.1, 0.15) is 0 Å². The minimum Gasteiger partial charge on any atom is -0.306 e. The average molecular weight is 212 g/mol. The Hall–Kier alpha value is -0.0800. The molecule has 2 rings (SSSR count). The SMILES string of the molecule is CN(C)C1CCCCC1.CN1CCCC1. The van der Waals surface area contributed by atoms with Gasteiger partial charge in [-0.2, -0.15) is 0 Å². The summed E-state index contributed by atoms with van der Waals surface area (Å²) < 4.78 is 0. The largest absolute Gasteiger partial charge is 0.306 e. The first-order valence-corrected chi connectivity index (χ1v) is 6.55. The highest BCUT2D eigenvalue weighted by Crippen LogP contribution is 2.20. The van der Waals surface area contributed by atoms with E-state index in [-0.39, 0.29) is 0 Å². The van der Waals surface area contributed by atoms with Crippen LogP contribution in [-0.4, -0.2) is 50.1 Å². The van der Waals surface area contributed by atoms with Crippen molar-refractivity contribution >= 4 is 0 Å². The molecule has 0 N–H and O–H groups in total. The van der Waals surface area contributed by atoms with Gasteiger partial charge in [0.2, 0.25) is 0 Å². The highest BCUT2D eigenvalue weighted by molar-refractivity contribution is 4.70. The lowest BCUT2D eigenvalue weighted by molar-refractivity contribution is 0.229. The Morgan fingerprint density at radius 2 is 1.40 bits per heavy atom. The van der Waals surface area contributed by atoms with Crippen LogP contribution in [0.3, 0.4) is 0 Å². The predicted octanol–water partition coefficient (Wildman–Crippen LogP) is 2.59. The second-order valence-electron chi connectivity index (χ2n) is 5.27. The molecule has 0 aromatic carbocycles. The summed E-state index contributed by atoms with van der Waals surface area (Å²) in [6.45, 7) is 2.64. The monoisotopic (exact) mass is 212 g/mol. The molecule has 1 aliphatic heterocycles. The van der Waals surface area contributed by atoms with Gasteiger partial charge in [-0.1, -0.05) is 19.3 Å². The summed E-state index contributed by atoms with van der Waals surface area (Å²) in [5.41, 5.74) is 0. The van der Waals surface area contributed by atoms with Crippen molar-refractivity contribution in [1.82, 2.24) is 9.80 Å². The van der Waals surface area contributed by atoms with Crippen LogP contribution < -0.4 is 0 Å². The molecule has 15 heavy (non-hydrogen) atoms. The summed E-state index contributed by atoms with van der Waals surface area (Å²) in [4.78, 5) is 4.72. The molecular weight excluding hydrogens is 184 g/mol. The summed E-state index contributed by atoms with van der Waals surface area (Å²) in [6, 6.07) is 0.888. The molecule has 0 aromatic rings. The molecule has 2 nitrogen and oxygen atoms in total. The molecule has 0 spiro atoms. The lowest BCUT2D eigenvalue weighted by atomic mass is 9.95. The summed E-state index contributed by atoms with van der Waals surface area (Å²) in [5, 5.41) is 0. The minimum absolute atomic E-state index is 0.888. The number of likely N-dealkylation sites (tertiary alicyclic amines) is 1. The summed E-state index contributed by atoms with van der Waals surface area (Å²) in [6.07, 6.45) is 10.0. The first-order chi connectivity index (χ1) is 7.20. The van der Waals surface area contributed by atoms with E-state index < -0.39 is 0 Å². The van der Waals surface area contributed by atoms with Gasteiger partial charge in [-0.15, -0.1) is 0 Å². The number of hydrogen-bond donors (Lipinski definition) is 0. The molecular formula is C13H28N2. The fraction of sp³-hybridized carbons (Fsp3) is 1.00. The van der Waals surface area contributed by atoms with Crippen molar-refractivity contribution in [2.24, 2.45) is 0 Å². The molecule has 2 aliphatic rings. The van der Waals surface area contributed by atoms with Crippen LogP contribution in [0.15, 0.2) is 0 Å². The molecule has 1 aliphatic carbocycles. The van der Waals surface area contributed by atoms with Crippen LogP contribution in [0.1, 0.15) is 44.9 Å². The van der Waals surface area contributed by atoms with E-state index >= 15 is 0 Å². The van der Waals surface area contributed by atoms with Gasteiger partial charge in [-0.05, 0) is 59.9 Å². The third-order valence-corrected chi connectivity index (χ3v) is 3.63. The molecule has 0 radical (unpaired) electrons. The number of rotatable bonds is 1. The van der Waals surface area contributed by atoms with E-state index in [2.05, 4.69) is 30.9 Å². The molecule has 2 fully saturated rings. The zero-order chi connectivity index (χ0) is 11.1. The zero-order valence-electron chi connectivity index (χ0n) is 10.8. The Bertz CT molecular complexity index is 145. The number of nitrogens with zero attached hydrogens (tertiary/aromatic N) is 2. The van der Waals surface area contributed by atoms with Gasteiger partial charge in [-0.3, -0.25) is 0 Å². The van der Waals surface area contributed by atoms with Gasteiger partial charge in [0.15, 0.2) is 0 Å². The Balaban J connectivity index is 0.000000162. The van der Waals surface area contributed by atoms with Gasteiger partial charge in [0.25, 0.3) is 0 Å². The van der Waals surface area contributed by atoms with Crippen LogP contribution in [0.25, 0.3) is 0 Å². The molecule has 0 unspecified atom stereocenters. The van der Waals surface area contributed by atoms with E-state index in [1.54, 1.807) is 0 Å². The lowest BCUT2D eigenvalue weighted by Crippen LogP contribution is -2.29. The highest BCUT2D eigenvalue weighted by atomic mass is 15.1. The van der Waals surface area contributed by atoms with E-state index in [1.807, 2.05) is 0 Å². The molecule has 90 valence electrons. The van der Waals surface area contributed by atoms with E-state index in [1.165, 1.54) is 58.0 Å². The van der Waals surface area contributed by atoms with Crippen molar-refractivity contribution in [1.29, 1.82) is 0 Å². The summed E-state index contributed by atoms with van der Waals surface area (Å²) >= 11 is 0. The lowest BCUT2D eigenvalue weighted by Gasteiger charge is -2.27. The fourth-order valence-corrected chi connectivity index (χ4v) is 2.47. The Morgan fingerprint density at radius 1 is 0.867 bits per heavy atom.